The van der Waals surface area contributed by atoms with Crippen molar-refractivity contribution >= 4 is 0 Å². The van der Waals surface area contributed by atoms with Crippen LogP contribution in [0.5, 0.6) is 0 Å². The highest BCUT2D eigenvalue weighted by Gasteiger charge is 2.12. The second-order valence-corrected chi connectivity index (χ2v) is 3.80. The fraction of sp³-hybridized carbons (Fsp3) is 0.700. The van der Waals surface area contributed by atoms with Crippen molar-refractivity contribution in [2.24, 2.45) is 13.0 Å². The van der Waals surface area contributed by atoms with Crippen molar-refractivity contribution < 1.29 is 5.11 Å². The largest absolute Gasteiger partial charge is 0.393 e. The normalized spacial score (nSPS) is 15.8. The predicted molar refractivity (Wildman–Crippen MR) is 52.5 cm³/mol. The lowest BCUT2D eigenvalue weighted by Crippen LogP contribution is -2.15. The van der Waals surface area contributed by atoms with E-state index in [0.29, 0.717) is 5.92 Å². The van der Waals surface area contributed by atoms with Gasteiger partial charge in [0.25, 0.3) is 0 Å². The van der Waals surface area contributed by atoms with Crippen LogP contribution in [0.1, 0.15) is 25.1 Å². The average molecular weight is 182 g/mol. The van der Waals surface area contributed by atoms with E-state index in [4.69, 9.17) is 0 Å². The van der Waals surface area contributed by atoms with Crippen LogP contribution in [0.4, 0.5) is 0 Å². The molecule has 13 heavy (non-hydrogen) atoms. The van der Waals surface area contributed by atoms with Crippen LogP contribution in [0.2, 0.25) is 0 Å². The summed E-state index contributed by atoms with van der Waals surface area (Å²) in [5.74, 6) is 0.294. The molecular weight excluding hydrogens is 164 g/mol. The Labute approximate surface area is 79.4 Å². The van der Waals surface area contributed by atoms with Gasteiger partial charge in [0.1, 0.15) is 0 Å². The van der Waals surface area contributed by atoms with E-state index in [2.05, 4.69) is 18.9 Å². The Hall–Kier alpha value is -0.830. The Balaban J connectivity index is 2.69. The molecule has 0 aliphatic carbocycles. The van der Waals surface area contributed by atoms with E-state index in [1.165, 1.54) is 11.3 Å². The zero-order chi connectivity index (χ0) is 10.0. The van der Waals surface area contributed by atoms with Gasteiger partial charge in [-0.2, -0.15) is 5.10 Å². The van der Waals surface area contributed by atoms with E-state index >= 15 is 0 Å². The number of aliphatic hydroxyl groups excluding tert-OH is 1. The quantitative estimate of drug-likeness (QED) is 0.765. The minimum atomic E-state index is -0.250. The highest BCUT2D eigenvalue weighted by atomic mass is 16.3. The summed E-state index contributed by atoms with van der Waals surface area (Å²) in [6.07, 6.45) is 2.53. The monoisotopic (exact) mass is 182 g/mol. The predicted octanol–water partition coefficient (Wildman–Crippen LogP) is 1.29. The lowest BCUT2D eigenvalue weighted by Gasteiger charge is -2.13. The molecule has 1 aromatic rings. The molecule has 0 saturated carbocycles. The Morgan fingerprint density at radius 1 is 1.54 bits per heavy atom. The number of aromatic nitrogens is 2. The van der Waals surface area contributed by atoms with Gasteiger partial charge in [0.15, 0.2) is 0 Å². The molecule has 1 N–H and O–H groups in total. The maximum Gasteiger partial charge on any atom is 0.0540 e. The molecule has 0 aromatic carbocycles. The van der Waals surface area contributed by atoms with Gasteiger partial charge in [-0.25, -0.2) is 0 Å². The van der Waals surface area contributed by atoms with E-state index in [0.717, 1.165) is 6.42 Å². The fourth-order valence-corrected chi connectivity index (χ4v) is 1.26. The average Bonchev–Trinajstić information content (AvgIpc) is 2.36. The van der Waals surface area contributed by atoms with Gasteiger partial charge in [0.05, 0.1) is 12.3 Å². The van der Waals surface area contributed by atoms with Crippen LogP contribution < -0.4 is 0 Å². The van der Waals surface area contributed by atoms with Gasteiger partial charge < -0.3 is 5.11 Å². The topological polar surface area (TPSA) is 38.1 Å². The molecule has 0 fully saturated rings. The van der Waals surface area contributed by atoms with Crippen LogP contribution in [-0.2, 0) is 13.5 Å². The lowest BCUT2D eigenvalue weighted by atomic mass is 9.97. The molecule has 3 nitrogen and oxygen atoms in total. The molecule has 0 radical (unpaired) electrons. The van der Waals surface area contributed by atoms with E-state index in [-0.39, 0.29) is 6.10 Å². The molecule has 1 aromatic heterocycles. The number of aliphatic hydroxyl groups is 1. The van der Waals surface area contributed by atoms with Gasteiger partial charge >= 0.3 is 0 Å². The molecule has 74 valence electrons. The molecule has 0 bridgehead atoms. The summed E-state index contributed by atoms with van der Waals surface area (Å²) < 4.78 is 1.87. The van der Waals surface area contributed by atoms with Crippen molar-refractivity contribution in [2.75, 3.05) is 0 Å². The van der Waals surface area contributed by atoms with Gasteiger partial charge in [0, 0.05) is 12.7 Å². The van der Waals surface area contributed by atoms with Crippen LogP contribution in [0.15, 0.2) is 6.20 Å². The maximum absolute atomic E-state index is 9.35. The molecule has 2 atom stereocenters. The summed E-state index contributed by atoms with van der Waals surface area (Å²) in [5.41, 5.74) is 2.42. The van der Waals surface area contributed by atoms with Gasteiger partial charge in [-0.15, -0.1) is 0 Å². The third-order valence-electron chi connectivity index (χ3n) is 2.70. The molecule has 0 aliphatic heterocycles. The molecule has 0 aliphatic rings. The van der Waals surface area contributed by atoms with Crippen LogP contribution >= 0.6 is 0 Å². The first kappa shape index (κ1) is 10.3. The second kappa shape index (κ2) is 3.92. The van der Waals surface area contributed by atoms with Crippen LogP contribution in [0.25, 0.3) is 0 Å². The highest BCUT2D eigenvalue weighted by molar-refractivity contribution is 5.16. The van der Waals surface area contributed by atoms with Crippen molar-refractivity contribution in [3.63, 3.8) is 0 Å². The van der Waals surface area contributed by atoms with Crippen molar-refractivity contribution in [3.05, 3.63) is 17.5 Å². The van der Waals surface area contributed by atoms with Gasteiger partial charge in [-0.1, -0.05) is 6.92 Å². The van der Waals surface area contributed by atoms with Crippen molar-refractivity contribution in [1.29, 1.82) is 0 Å². The molecule has 2 unspecified atom stereocenters. The Bertz CT molecular complexity index is 278. The first-order valence-corrected chi connectivity index (χ1v) is 4.68. The number of hydrogen-bond acceptors (Lipinski definition) is 2. The lowest BCUT2D eigenvalue weighted by molar-refractivity contribution is 0.135. The summed E-state index contributed by atoms with van der Waals surface area (Å²) in [6, 6.07) is 0. The molecule has 0 saturated heterocycles. The van der Waals surface area contributed by atoms with E-state index in [1.807, 2.05) is 24.9 Å². The van der Waals surface area contributed by atoms with Gasteiger partial charge in [0.2, 0.25) is 0 Å². The molecule has 0 amide bonds. The standard InChI is InChI=1S/C10H18N2O/c1-7(9(3)13)5-10-6-11-12(4)8(10)2/h6-7,9,13H,5H2,1-4H3. The smallest absolute Gasteiger partial charge is 0.0540 e. The van der Waals surface area contributed by atoms with Crippen LogP contribution in [-0.4, -0.2) is 21.0 Å². The molecular formula is C10H18N2O. The third kappa shape index (κ3) is 2.31. The second-order valence-electron chi connectivity index (χ2n) is 3.80. The van der Waals surface area contributed by atoms with Crippen molar-refractivity contribution in [2.45, 2.75) is 33.3 Å². The number of aryl methyl sites for hydroxylation is 1. The first-order chi connectivity index (χ1) is 6.02. The zero-order valence-corrected chi connectivity index (χ0v) is 8.78. The highest BCUT2D eigenvalue weighted by Crippen LogP contribution is 2.14. The minimum Gasteiger partial charge on any atom is -0.393 e. The zero-order valence-electron chi connectivity index (χ0n) is 8.78. The minimum absolute atomic E-state index is 0.250. The summed E-state index contributed by atoms with van der Waals surface area (Å²) in [7, 11) is 1.94. The van der Waals surface area contributed by atoms with Crippen molar-refractivity contribution in [1.82, 2.24) is 9.78 Å². The summed E-state index contributed by atoms with van der Waals surface area (Å²) in [4.78, 5) is 0. The van der Waals surface area contributed by atoms with E-state index < -0.39 is 0 Å². The number of nitrogens with zero attached hydrogens (tertiary/aromatic N) is 2. The van der Waals surface area contributed by atoms with Crippen LogP contribution in [0.3, 0.4) is 0 Å². The van der Waals surface area contributed by atoms with Gasteiger partial charge in [-0.3, -0.25) is 4.68 Å². The first-order valence-electron chi connectivity index (χ1n) is 4.68. The van der Waals surface area contributed by atoms with E-state index in [1.54, 1.807) is 0 Å². The number of rotatable bonds is 3. The summed E-state index contributed by atoms with van der Waals surface area (Å²) in [6.45, 7) is 5.94. The Kier molecular flexibility index (Phi) is 3.09. The summed E-state index contributed by atoms with van der Waals surface area (Å²) in [5, 5.41) is 13.5. The Morgan fingerprint density at radius 3 is 2.54 bits per heavy atom. The number of hydrogen-bond donors (Lipinski definition) is 1. The molecule has 3 heteroatoms. The molecule has 1 rings (SSSR count). The molecule has 1 heterocycles. The third-order valence-corrected chi connectivity index (χ3v) is 2.70. The SMILES string of the molecule is Cc1c(CC(C)C(C)O)cnn1C. The Morgan fingerprint density at radius 2 is 2.15 bits per heavy atom. The van der Waals surface area contributed by atoms with Gasteiger partial charge in [-0.05, 0) is 31.7 Å². The van der Waals surface area contributed by atoms with Crippen LogP contribution in [0, 0.1) is 12.8 Å². The molecule has 0 spiro atoms. The van der Waals surface area contributed by atoms with Crippen molar-refractivity contribution in [3.8, 4) is 0 Å². The summed E-state index contributed by atoms with van der Waals surface area (Å²) >= 11 is 0. The fourth-order valence-electron chi connectivity index (χ4n) is 1.26. The van der Waals surface area contributed by atoms with E-state index in [9.17, 15) is 5.11 Å². The maximum atomic E-state index is 9.35.